The van der Waals surface area contributed by atoms with E-state index in [1.54, 1.807) is 30.3 Å². The third-order valence-corrected chi connectivity index (χ3v) is 14.1. The normalized spacial score (nSPS) is 23.4. The van der Waals surface area contributed by atoms with Crippen LogP contribution in [-0.2, 0) is 23.9 Å². The maximum Gasteiger partial charge on any atom is 0.191 e. The van der Waals surface area contributed by atoms with E-state index in [0.717, 1.165) is 0 Å². The molecule has 2 rings (SSSR count). The van der Waals surface area contributed by atoms with E-state index in [4.69, 9.17) is 4.43 Å². The van der Waals surface area contributed by atoms with Crippen molar-refractivity contribution in [2.45, 2.75) is 87.6 Å². The van der Waals surface area contributed by atoms with Gasteiger partial charge in [0.15, 0.2) is 23.9 Å². The van der Waals surface area contributed by atoms with Gasteiger partial charge >= 0.3 is 0 Å². The van der Waals surface area contributed by atoms with E-state index in [2.05, 4.69) is 33.9 Å². The largest absolute Gasteiger partial charge is 0.417 e. The second-order valence-electron chi connectivity index (χ2n) is 9.98. The van der Waals surface area contributed by atoms with Gasteiger partial charge < -0.3 is 9.22 Å². The Labute approximate surface area is 182 Å². The van der Waals surface area contributed by atoms with Gasteiger partial charge in [0.2, 0.25) is 0 Å². The molecule has 2 atom stereocenters. The lowest BCUT2D eigenvalue weighted by molar-refractivity contribution is -0.126. The highest BCUT2D eigenvalue weighted by atomic mass is 32.2. The Morgan fingerprint density at radius 2 is 1.80 bits per heavy atom. The smallest absolute Gasteiger partial charge is 0.191 e. The fourth-order valence-electron chi connectivity index (χ4n) is 4.13. The van der Waals surface area contributed by atoms with Gasteiger partial charge in [-0.15, -0.1) is 0 Å². The van der Waals surface area contributed by atoms with Gasteiger partial charge in [-0.25, -0.2) is 8.42 Å². The quantitative estimate of drug-likeness (QED) is 0.521. The molecule has 0 spiro atoms. The Kier molecular flexibility index (Phi) is 7.52. The van der Waals surface area contributed by atoms with Crippen molar-refractivity contribution in [3.63, 3.8) is 0 Å². The van der Waals surface area contributed by atoms with Crippen molar-refractivity contribution < 1.29 is 22.4 Å². The SMILES string of the molecule is CC(=O)C[C@H]1CCCC(=O)[C@]1(CCO[Si](C)(C)C(C)(C)C)S(=O)(=O)c1ccccc1. The minimum atomic E-state index is -3.99. The third kappa shape index (κ3) is 4.78. The van der Waals surface area contributed by atoms with Crippen LogP contribution >= 0.6 is 0 Å². The molecule has 0 heterocycles. The molecule has 0 aliphatic heterocycles. The van der Waals surface area contributed by atoms with Gasteiger partial charge in [0.25, 0.3) is 0 Å². The number of hydrogen-bond acceptors (Lipinski definition) is 5. The van der Waals surface area contributed by atoms with Crippen LogP contribution in [0.2, 0.25) is 18.1 Å². The van der Waals surface area contributed by atoms with Gasteiger partial charge in [-0.05, 0) is 62.4 Å². The lowest BCUT2D eigenvalue weighted by Crippen LogP contribution is -2.56. The predicted molar refractivity (Wildman–Crippen MR) is 122 cm³/mol. The molecule has 0 unspecified atom stereocenters. The molecule has 30 heavy (non-hydrogen) atoms. The number of benzene rings is 1. The first-order chi connectivity index (χ1) is 13.8. The highest BCUT2D eigenvalue weighted by Gasteiger charge is 2.57. The summed E-state index contributed by atoms with van der Waals surface area (Å²) in [6, 6.07) is 8.17. The van der Waals surface area contributed by atoms with E-state index in [1.165, 1.54) is 6.92 Å². The summed E-state index contributed by atoms with van der Waals surface area (Å²) < 4.78 is 32.5. The van der Waals surface area contributed by atoms with Crippen molar-refractivity contribution in [1.29, 1.82) is 0 Å². The summed E-state index contributed by atoms with van der Waals surface area (Å²) in [6.07, 6.45) is 1.58. The molecule has 0 amide bonds. The van der Waals surface area contributed by atoms with Gasteiger partial charge in [0.05, 0.1) is 4.90 Å². The fraction of sp³-hybridized carbons (Fsp3) is 0.652. The van der Waals surface area contributed by atoms with Crippen molar-refractivity contribution in [2.75, 3.05) is 6.61 Å². The topological polar surface area (TPSA) is 77.5 Å². The summed E-state index contributed by atoms with van der Waals surface area (Å²) in [5.41, 5.74) is 0. The van der Waals surface area contributed by atoms with Crippen LogP contribution in [0.3, 0.4) is 0 Å². The van der Waals surface area contributed by atoms with Crippen molar-refractivity contribution in [3.8, 4) is 0 Å². The van der Waals surface area contributed by atoms with Crippen LogP contribution in [-0.4, -0.2) is 39.7 Å². The maximum absolute atomic E-state index is 13.9. The first-order valence-corrected chi connectivity index (χ1v) is 15.1. The monoisotopic (exact) mass is 452 g/mol. The highest BCUT2D eigenvalue weighted by molar-refractivity contribution is 7.93. The van der Waals surface area contributed by atoms with E-state index in [0.29, 0.717) is 12.8 Å². The average molecular weight is 453 g/mol. The second kappa shape index (κ2) is 9.05. The number of ketones is 2. The minimum Gasteiger partial charge on any atom is -0.417 e. The molecule has 0 bridgehead atoms. The van der Waals surface area contributed by atoms with E-state index >= 15 is 0 Å². The van der Waals surface area contributed by atoms with E-state index < -0.39 is 28.8 Å². The summed E-state index contributed by atoms with van der Waals surface area (Å²) in [4.78, 5) is 25.5. The predicted octanol–water partition coefficient (Wildman–Crippen LogP) is 4.96. The van der Waals surface area contributed by atoms with Crippen LogP contribution in [0.25, 0.3) is 0 Å². The zero-order valence-electron chi connectivity index (χ0n) is 19.2. The maximum atomic E-state index is 13.9. The zero-order chi connectivity index (χ0) is 22.8. The summed E-state index contributed by atoms with van der Waals surface area (Å²) in [5.74, 6) is -0.889. The Hall–Kier alpha value is -1.31. The molecule has 1 aliphatic carbocycles. The summed E-state index contributed by atoms with van der Waals surface area (Å²) in [7, 11) is -6.10. The Bertz CT molecular complexity index is 871. The molecule has 5 nitrogen and oxygen atoms in total. The van der Waals surface area contributed by atoms with Crippen LogP contribution in [0.5, 0.6) is 0 Å². The van der Waals surface area contributed by atoms with E-state index in [9.17, 15) is 18.0 Å². The summed E-state index contributed by atoms with van der Waals surface area (Å²) >= 11 is 0. The summed E-state index contributed by atoms with van der Waals surface area (Å²) in [6.45, 7) is 12.3. The molecule has 1 aromatic carbocycles. The summed E-state index contributed by atoms with van der Waals surface area (Å²) in [5, 5.41) is -0.0200. The van der Waals surface area contributed by atoms with Crippen LogP contribution in [0.15, 0.2) is 35.2 Å². The molecule has 0 N–H and O–H groups in total. The fourth-order valence-corrected chi connectivity index (χ4v) is 7.50. The van der Waals surface area contributed by atoms with Gasteiger partial charge in [-0.2, -0.15) is 0 Å². The highest BCUT2D eigenvalue weighted by Crippen LogP contribution is 2.46. The van der Waals surface area contributed by atoms with Crippen LogP contribution in [0.1, 0.15) is 59.8 Å². The zero-order valence-corrected chi connectivity index (χ0v) is 21.0. The molecule has 168 valence electrons. The molecule has 7 heteroatoms. The second-order valence-corrected chi connectivity index (χ2v) is 17.0. The molecule has 0 saturated heterocycles. The van der Waals surface area contributed by atoms with Gasteiger partial charge in [0, 0.05) is 19.4 Å². The van der Waals surface area contributed by atoms with Crippen molar-refractivity contribution in [3.05, 3.63) is 30.3 Å². The molecule has 0 radical (unpaired) electrons. The number of rotatable bonds is 8. The lowest BCUT2D eigenvalue weighted by atomic mass is 9.73. The van der Waals surface area contributed by atoms with Crippen LogP contribution < -0.4 is 0 Å². The molecular formula is C23H36O5SSi. The molecule has 1 saturated carbocycles. The molecule has 0 aromatic heterocycles. The third-order valence-electron chi connectivity index (χ3n) is 6.90. The van der Waals surface area contributed by atoms with Crippen molar-refractivity contribution in [2.24, 2.45) is 5.92 Å². The standard InChI is InChI=1S/C23H36O5SSi/c1-18(24)17-19-11-10-14-21(25)23(19,15-16-28-30(5,6)22(2,3)4)29(26,27)20-12-8-7-9-13-20/h7-9,12-13,19H,10-11,14-17H2,1-6H3/t19-,23-/m1/s1. The number of carbonyl (C=O) groups excluding carboxylic acids is 2. The Balaban J connectivity index is 2.52. The first kappa shape index (κ1) is 25.0. The number of carbonyl (C=O) groups is 2. The van der Waals surface area contributed by atoms with Crippen molar-refractivity contribution in [1.82, 2.24) is 0 Å². The Morgan fingerprint density at radius 3 is 2.33 bits per heavy atom. The van der Waals surface area contributed by atoms with Crippen molar-refractivity contribution >= 4 is 29.7 Å². The molecule has 1 fully saturated rings. The molecule has 1 aliphatic rings. The van der Waals surface area contributed by atoms with Crippen LogP contribution in [0.4, 0.5) is 0 Å². The lowest BCUT2D eigenvalue weighted by Gasteiger charge is -2.43. The van der Waals surface area contributed by atoms with Gasteiger partial charge in [-0.3, -0.25) is 4.79 Å². The van der Waals surface area contributed by atoms with E-state index in [-0.39, 0.29) is 47.4 Å². The molecular weight excluding hydrogens is 416 g/mol. The molecule has 1 aromatic rings. The first-order valence-electron chi connectivity index (χ1n) is 10.7. The minimum absolute atomic E-state index is 0.0200. The van der Waals surface area contributed by atoms with Crippen LogP contribution in [0, 0.1) is 5.92 Å². The van der Waals surface area contributed by atoms with Gasteiger partial charge in [-0.1, -0.05) is 39.0 Å². The Morgan fingerprint density at radius 1 is 1.20 bits per heavy atom. The average Bonchev–Trinajstić information content (AvgIpc) is 2.63. The number of sulfone groups is 1. The van der Waals surface area contributed by atoms with E-state index in [1.807, 2.05) is 0 Å². The van der Waals surface area contributed by atoms with Gasteiger partial charge in [0.1, 0.15) is 10.5 Å². The number of hydrogen-bond donors (Lipinski definition) is 0. The number of Topliss-reactive ketones (excluding diaryl/α,β-unsaturated/α-hetero) is 2.